The van der Waals surface area contributed by atoms with Crippen molar-refractivity contribution in [2.24, 2.45) is 0 Å². The van der Waals surface area contributed by atoms with Crippen molar-refractivity contribution in [3.8, 4) is 0 Å². The van der Waals surface area contributed by atoms with Gasteiger partial charge in [0, 0.05) is 22.9 Å². The van der Waals surface area contributed by atoms with Crippen molar-refractivity contribution in [2.45, 2.75) is 33.7 Å². The summed E-state index contributed by atoms with van der Waals surface area (Å²) in [6.07, 6.45) is 3.18. The van der Waals surface area contributed by atoms with E-state index in [2.05, 4.69) is 56.9 Å². The van der Waals surface area contributed by atoms with Gasteiger partial charge in [0.15, 0.2) is 0 Å². The SMILES string of the molecule is CCCn1cc(C)nc1Nc1cccc(Br)c1C. The molecule has 0 fully saturated rings. The highest BCUT2D eigenvalue weighted by Crippen LogP contribution is 2.26. The van der Waals surface area contributed by atoms with Gasteiger partial charge in [-0.15, -0.1) is 0 Å². The lowest BCUT2D eigenvalue weighted by Gasteiger charge is -2.11. The van der Waals surface area contributed by atoms with Crippen LogP contribution in [0.25, 0.3) is 0 Å². The third-order valence-electron chi connectivity index (χ3n) is 2.88. The molecule has 1 aromatic carbocycles. The second-order valence-corrected chi connectivity index (χ2v) is 5.29. The summed E-state index contributed by atoms with van der Waals surface area (Å²) in [5.74, 6) is 0.913. The van der Waals surface area contributed by atoms with Crippen molar-refractivity contribution in [2.75, 3.05) is 5.32 Å². The highest BCUT2D eigenvalue weighted by molar-refractivity contribution is 9.10. The molecular formula is C14H18BrN3. The summed E-state index contributed by atoms with van der Waals surface area (Å²) < 4.78 is 3.27. The molecule has 1 aromatic heterocycles. The Kier molecular flexibility index (Phi) is 4.07. The summed E-state index contributed by atoms with van der Waals surface area (Å²) in [7, 11) is 0. The molecule has 0 amide bonds. The summed E-state index contributed by atoms with van der Waals surface area (Å²) in [6, 6.07) is 6.14. The third kappa shape index (κ3) is 2.75. The zero-order valence-electron chi connectivity index (χ0n) is 11.0. The van der Waals surface area contributed by atoms with Crippen LogP contribution < -0.4 is 5.32 Å². The van der Waals surface area contributed by atoms with Gasteiger partial charge in [0.1, 0.15) is 0 Å². The van der Waals surface area contributed by atoms with Gasteiger partial charge in [0.05, 0.1) is 5.69 Å². The number of nitrogens with zero attached hydrogens (tertiary/aromatic N) is 2. The van der Waals surface area contributed by atoms with E-state index in [0.29, 0.717) is 0 Å². The topological polar surface area (TPSA) is 29.9 Å². The number of halogens is 1. The van der Waals surface area contributed by atoms with Crippen molar-refractivity contribution >= 4 is 27.6 Å². The predicted octanol–water partition coefficient (Wildman–Crippen LogP) is 4.42. The Morgan fingerprint density at radius 2 is 2.11 bits per heavy atom. The summed E-state index contributed by atoms with van der Waals surface area (Å²) in [5, 5.41) is 3.41. The van der Waals surface area contributed by atoms with Gasteiger partial charge in [-0.1, -0.05) is 28.9 Å². The van der Waals surface area contributed by atoms with Crippen LogP contribution in [0.3, 0.4) is 0 Å². The molecule has 0 radical (unpaired) electrons. The first-order valence-corrected chi connectivity index (χ1v) is 6.97. The minimum Gasteiger partial charge on any atom is -0.325 e. The fraction of sp³-hybridized carbons (Fsp3) is 0.357. The van der Waals surface area contributed by atoms with Crippen LogP contribution in [0.2, 0.25) is 0 Å². The van der Waals surface area contributed by atoms with E-state index in [1.807, 2.05) is 19.1 Å². The van der Waals surface area contributed by atoms with Gasteiger partial charge in [-0.05, 0) is 38.0 Å². The largest absolute Gasteiger partial charge is 0.325 e. The molecule has 0 unspecified atom stereocenters. The molecule has 0 aliphatic rings. The zero-order chi connectivity index (χ0) is 13.1. The Morgan fingerprint density at radius 1 is 1.33 bits per heavy atom. The quantitative estimate of drug-likeness (QED) is 0.906. The maximum atomic E-state index is 4.53. The lowest BCUT2D eigenvalue weighted by Crippen LogP contribution is -2.03. The van der Waals surface area contributed by atoms with Crippen LogP contribution in [0.15, 0.2) is 28.9 Å². The number of hydrogen-bond donors (Lipinski definition) is 1. The highest BCUT2D eigenvalue weighted by Gasteiger charge is 2.07. The van der Waals surface area contributed by atoms with Gasteiger partial charge in [-0.25, -0.2) is 4.98 Å². The number of nitrogens with one attached hydrogen (secondary N) is 1. The average Bonchev–Trinajstić information content (AvgIpc) is 2.66. The van der Waals surface area contributed by atoms with Gasteiger partial charge in [-0.3, -0.25) is 0 Å². The summed E-state index contributed by atoms with van der Waals surface area (Å²) in [5.41, 5.74) is 3.33. The first-order chi connectivity index (χ1) is 8.61. The Hall–Kier alpha value is -1.29. The standard InChI is InChI=1S/C14H18BrN3/c1-4-8-18-9-10(2)16-14(18)17-13-7-5-6-12(15)11(13)3/h5-7,9H,4,8H2,1-3H3,(H,16,17). The van der Waals surface area contributed by atoms with E-state index in [9.17, 15) is 0 Å². The molecule has 0 atom stereocenters. The molecule has 2 aromatic rings. The molecule has 3 nitrogen and oxygen atoms in total. The van der Waals surface area contributed by atoms with Gasteiger partial charge < -0.3 is 9.88 Å². The van der Waals surface area contributed by atoms with Crippen LogP contribution in [0.5, 0.6) is 0 Å². The molecular weight excluding hydrogens is 290 g/mol. The van der Waals surface area contributed by atoms with Gasteiger partial charge >= 0.3 is 0 Å². The lowest BCUT2D eigenvalue weighted by atomic mass is 10.2. The maximum absolute atomic E-state index is 4.53. The van der Waals surface area contributed by atoms with E-state index in [-0.39, 0.29) is 0 Å². The number of rotatable bonds is 4. The van der Waals surface area contributed by atoms with E-state index in [0.717, 1.165) is 34.8 Å². The number of benzene rings is 1. The monoisotopic (exact) mass is 307 g/mol. The van der Waals surface area contributed by atoms with E-state index < -0.39 is 0 Å². The van der Waals surface area contributed by atoms with E-state index in [4.69, 9.17) is 0 Å². The zero-order valence-corrected chi connectivity index (χ0v) is 12.6. The highest BCUT2D eigenvalue weighted by atomic mass is 79.9. The number of aryl methyl sites for hydroxylation is 2. The first-order valence-electron chi connectivity index (χ1n) is 6.17. The van der Waals surface area contributed by atoms with Gasteiger partial charge in [-0.2, -0.15) is 0 Å². The van der Waals surface area contributed by atoms with Crippen LogP contribution in [0.4, 0.5) is 11.6 Å². The average molecular weight is 308 g/mol. The second-order valence-electron chi connectivity index (χ2n) is 4.44. The molecule has 4 heteroatoms. The van der Waals surface area contributed by atoms with Crippen LogP contribution in [0, 0.1) is 13.8 Å². The number of aromatic nitrogens is 2. The predicted molar refractivity (Wildman–Crippen MR) is 79.4 cm³/mol. The van der Waals surface area contributed by atoms with Crippen LogP contribution >= 0.6 is 15.9 Å². The molecule has 0 spiro atoms. The molecule has 1 heterocycles. The van der Waals surface area contributed by atoms with E-state index >= 15 is 0 Å². The number of anilines is 2. The minimum atomic E-state index is 0.913. The Bertz CT molecular complexity index is 546. The molecule has 0 aliphatic heterocycles. The smallest absolute Gasteiger partial charge is 0.207 e. The molecule has 0 aliphatic carbocycles. The maximum Gasteiger partial charge on any atom is 0.207 e. The van der Waals surface area contributed by atoms with Crippen molar-refractivity contribution in [3.63, 3.8) is 0 Å². The van der Waals surface area contributed by atoms with Gasteiger partial charge in [0.2, 0.25) is 5.95 Å². The lowest BCUT2D eigenvalue weighted by molar-refractivity contribution is 0.686. The summed E-state index contributed by atoms with van der Waals surface area (Å²) in [4.78, 5) is 4.53. The molecule has 18 heavy (non-hydrogen) atoms. The normalized spacial score (nSPS) is 10.7. The van der Waals surface area contributed by atoms with Crippen molar-refractivity contribution in [3.05, 3.63) is 40.1 Å². The Morgan fingerprint density at radius 3 is 2.83 bits per heavy atom. The minimum absolute atomic E-state index is 0.913. The first kappa shape index (κ1) is 13.1. The van der Waals surface area contributed by atoms with E-state index in [1.54, 1.807) is 0 Å². The van der Waals surface area contributed by atoms with E-state index in [1.165, 1.54) is 5.56 Å². The van der Waals surface area contributed by atoms with Crippen LogP contribution in [0.1, 0.15) is 24.6 Å². The molecule has 0 saturated carbocycles. The number of hydrogen-bond acceptors (Lipinski definition) is 2. The van der Waals surface area contributed by atoms with Gasteiger partial charge in [0.25, 0.3) is 0 Å². The number of imidazole rings is 1. The summed E-state index contributed by atoms with van der Waals surface area (Å²) >= 11 is 3.55. The van der Waals surface area contributed by atoms with Crippen molar-refractivity contribution in [1.82, 2.24) is 9.55 Å². The molecule has 0 saturated heterocycles. The molecule has 1 N–H and O–H groups in total. The van der Waals surface area contributed by atoms with Crippen molar-refractivity contribution < 1.29 is 0 Å². The third-order valence-corrected chi connectivity index (χ3v) is 3.73. The molecule has 2 rings (SSSR count). The molecule has 96 valence electrons. The van der Waals surface area contributed by atoms with Crippen LogP contribution in [-0.2, 0) is 6.54 Å². The Balaban J connectivity index is 2.30. The fourth-order valence-corrected chi connectivity index (χ4v) is 2.29. The fourth-order valence-electron chi connectivity index (χ4n) is 1.92. The summed E-state index contributed by atoms with van der Waals surface area (Å²) in [6.45, 7) is 7.26. The second kappa shape index (κ2) is 5.57. The van der Waals surface area contributed by atoms with Crippen molar-refractivity contribution in [1.29, 1.82) is 0 Å². The Labute approximate surface area is 116 Å². The van der Waals surface area contributed by atoms with Crippen LogP contribution in [-0.4, -0.2) is 9.55 Å². The molecule has 0 bridgehead atoms.